The van der Waals surface area contributed by atoms with Gasteiger partial charge in [-0.25, -0.2) is 18.5 Å². The van der Waals surface area contributed by atoms with Crippen LogP contribution in [0.4, 0.5) is 5.82 Å². The highest BCUT2D eigenvalue weighted by atomic mass is 32.2. The zero-order valence-electron chi connectivity index (χ0n) is 9.40. The van der Waals surface area contributed by atoms with Gasteiger partial charge in [0.15, 0.2) is 0 Å². The molecule has 0 atom stereocenters. The summed E-state index contributed by atoms with van der Waals surface area (Å²) in [6, 6.07) is 0. The van der Waals surface area contributed by atoms with E-state index in [2.05, 4.69) is 15.3 Å². The second-order valence-corrected chi connectivity index (χ2v) is 5.31. The van der Waals surface area contributed by atoms with Crippen molar-refractivity contribution in [3.8, 4) is 0 Å². The van der Waals surface area contributed by atoms with Crippen LogP contribution in [0.1, 0.15) is 17.8 Å². The summed E-state index contributed by atoms with van der Waals surface area (Å²) in [4.78, 5) is 8.39. The van der Waals surface area contributed by atoms with Gasteiger partial charge in [-0.2, -0.15) is 0 Å². The van der Waals surface area contributed by atoms with Gasteiger partial charge in [0.25, 0.3) is 0 Å². The van der Waals surface area contributed by atoms with Gasteiger partial charge in [0.05, 0.1) is 23.3 Å². The number of rotatable bonds is 5. The van der Waals surface area contributed by atoms with Crippen molar-refractivity contribution in [2.75, 3.05) is 17.6 Å². The molecule has 0 saturated carbocycles. The number of nitrogens with two attached hydrogens (primary N) is 1. The van der Waals surface area contributed by atoms with Crippen LogP contribution in [-0.2, 0) is 10.0 Å². The monoisotopic (exact) mass is 244 g/mol. The van der Waals surface area contributed by atoms with Gasteiger partial charge in [-0.3, -0.25) is 4.98 Å². The Labute approximate surface area is 95.3 Å². The minimum Gasteiger partial charge on any atom is -0.369 e. The van der Waals surface area contributed by atoms with E-state index in [9.17, 15) is 8.42 Å². The van der Waals surface area contributed by atoms with E-state index >= 15 is 0 Å². The third-order valence-electron chi connectivity index (χ3n) is 2.10. The van der Waals surface area contributed by atoms with Gasteiger partial charge in [-0.05, 0) is 20.3 Å². The van der Waals surface area contributed by atoms with Gasteiger partial charge >= 0.3 is 0 Å². The molecule has 1 rings (SSSR count). The molecular weight excluding hydrogens is 228 g/mol. The van der Waals surface area contributed by atoms with E-state index in [1.165, 1.54) is 0 Å². The number of hydrogen-bond donors (Lipinski definition) is 2. The second-order valence-electron chi connectivity index (χ2n) is 3.57. The average molecular weight is 244 g/mol. The first-order chi connectivity index (χ1) is 7.38. The maximum atomic E-state index is 10.7. The molecule has 0 unspecified atom stereocenters. The van der Waals surface area contributed by atoms with Crippen molar-refractivity contribution in [1.29, 1.82) is 0 Å². The summed E-state index contributed by atoms with van der Waals surface area (Å²) in [5.74, 6) is 0.621. The highest BCUT2D eigenvalue weighted by Crippen LogP contribution is 2.05. The van der Waals surface area contributed by atoms with Crippen molar-refractivity contribution in [3.63, 3.8) is 0 Å². The first kappa shape index (κ1) is 12.9. The average Bonchev–Trinajstić information content (AvgIpc) is 2.17. The van der Waals surface area contributed by atoms with Crippen LogP contribution in [-0.4, -0.2) is 30.7 Å². The fraction of sp³-hybridized carbons (Fsp3) is 0.556. The topological polar surface area (TPSA) is 98.0 Å². The fourth-order valence-corrected chi connectivity index (χ4v) is 1.66. The van der Waals surface area contributed by atoms with Crippen LogP contribution in [0.15, 0.2) is 6.20 Å². The van der Waals surface area contributed by atoms with Crippen LogP contribution in [0.2, 0.25) is 0 Å². The van der Waals surface area contributed by atoms with Crippen LogP contribution < -0.4 is 10.5 Å². The lowest BCUT2D eigenvalue weighted by atomic mass is 10.3. The molecule has 90 valence electrons. The number of aromatic nitrogens is 2. The molecule has 0 spiro atoms. The first-order valence-corrected chi connectivity index (χ1v) is 6.64. The van der Waals surface area contributed by atoms with Gasteiger partial charge < -0.3 is 5.32 Å². The number of nitrogens with one attached hydrogen (secondary N) is 1. The molecule has 7 heteroatoms. The Morgan fingerprint density at radius 1 is 1.38 bits per heavy atom. The second kappa shape index (κ2) is 5.22. The molecule has 0 amide bonds. The lowest BCUT2D eigenvalue weighted by molar-refractivity contribution is 0.595. The Morgan fingerprint density at radius 3 is 2.62 bits per heavy atom. The summed E-state index contributed by atoms with van der Waals surface area (Å²) in [5, 5.41) is 7.87. The van der Waals surface area contributed by atoms with Gasteiger partial charge in [0.1, 0.15) is 5.82 Å². The standard InChI is InChI=1S/C9H16N4O2S/c1-7-8(2)13-9(6-12-7)11-4-3-5-16(10,14)15/h6H,3-5H2,1-2H3,(H,11,13)(H2,10,14,15). The Kier molecular flexibility index (Phi) is 4.19. The molecule has 16 heavy (non-hydrogen) atoms. The molecule has 1 aromatic heterocycles. The number of sulfonamides is 1. The van der Waals surface area contributed by atoms with Crippen LogP contribution in [0.5, 0.6) is 0 Å². The smallest absolute Gasteiger partial charge is 0.209 e. The van der Waals surface area contributed by atoms with Crippen molar-refractivity contribution < 1.29 is 8.42 Å². The zero-order valence-corrected chi connectivity index (χ0v) is 10.2. The number of anilines is 1. The van der Waals surface area contributed by atoms with Crippen LogP contribution in [0, 0.1) is 13.8 Å². The molecule has 0 saturated heterocycles. The van der Waals surface area contributed by atoms with Crippen molar-refractivity contribution in [2.45, 2.75) is 20.3 Å². The van der Waals surface area contributed by atoms with Crippen molar-refractivity contribution in [1.82, 2.24) is 9.97 Å². The summed E-state index contributed by atoms with van der Waals surface area (Å²) >= 11 is 0. The molecule has 6 nitrogen and oxygen atoms in total. The molecule has 0 aliphatic carbocycles. The highest BCUT2D eigenvalue weighted by Gasteiger charge is 2.02. The maximum Gasteiger partial charge on any atom is 0.209 e. The van der Waals surface area contributed by atoms with Crippen molar-refractivity contribution >= 4 is 15.8 Å². The third-order valence-corrected chi connectivity index (χ3v) is 2.96. The fourth-order valence-electron chi connectivity index (χ4n) is 1.12. The van der Waals surface area contributed by atoms with E-state index in [4.69, 9.17) is 5.14 Å². The summed E-state index contributed by atoms with van der Waals surface area (Å²) in [6.45, 7) is 4.26. The Balaban J connectivity index is 2.41. The SMILES string of the molecule is Cc1ncc(NCCCS(N)(=O)=O)nc1C. The quantitative estimate of drug-likeness (QED) is 0.720. The van der Waals surface area contributed by atoms with Gasteiger partial charge in [0.2, 0.25) is 10.0 Å². The van der Waals surface area contributed by atoms with E-state index in [0.717, 1.165) is 11.4 Å². The first-order valence-electron chi connectivity index (χ1n) is 4.93. The molecule has 1 aromatic rings. The normalized spacial score (nSPS) is 11.4. The number of nitrogens with zero attached hydrogens (tertiary/aromatic N) is 2. The van der Waals surface area contributed by atoms with Crippen LogP contribution >= 0.6 is 0 Å². The van der Waals surface area contributed by atoms with Gasteiger partial charge in [0, 0.05) is 6.54 Å². The van der Waals surface area contributed by atoms with Crippen molar-refractivity contribution in [2.24, 2.45) is 5.14 Å². The number of aryl methyl sites for hydroxylation is 2. The number of hydrogen-bond acceptors (Lipinski definition) is 5. The van der Waals surface area contributed by atoms with E-state index in [-0.39, 0.29) is 5.75 Å². The molecule has 3 N–H and O–H groups in total. The molecule has 0 aromatic carbocycles. The van der Waals surface area contributed by atoms with Crippen LogP contribution in [0.3, 0.4) is 0 Å². The van der Waals surface area contributed by atoms with Gasteiger partial charge in [-0.1, -0.05) is 0 Å². The van der Waals surface area contributed by atoms with E-state index in [1.807, 2.05) is 13.8 Å². The Bertz CT molecular complexity index is 459. The van der Waals surface area contributed by atoms with E-state index in [0.29, 0.717) is 18.8 Å². The highest BCUT2D eigenvalue weighted by molar-refractivity contribution is 7.89. The minimum absolute atomic E-state index is 0.0295. The van der Waals surface area contributed by atoms with E-state index < -0.39 is 10.0 Å². The Morgan fingerprint density at radius 2 is 2.06 bits per heavy atom. The predicted molar refractivity (Wildman–Crippen MR) is 62.6 cm³/mol. The third kappa shape index (κ3) is 4.54. The maximum absolute atomic E-state index is 10.7. The molecule has 0 bridgehead atoms. The van der Waals surface area contributed by atoms with E-state index in [1.54, 1.807) is 6.20 Å². The molecule has 0 radical (unpaired) electrons. The van der Waals surface area contributed by atoms with Crippen LogP contribution in [0.25, 0.3) is 0 Å². The molecule has 1 heterocycles. The Hall–Kier alpha value is -1.21. The molecular formula is C9H16N4O2S. The molecule has 0 aliphatic heterocycles. The summed E-state index contributed by atoms with van der Waals surface area (Å²) < 4.78 is 21.3. The molecule has 0 aliphatic rings. The zero-order chi connectivity index (χ0) is 12.2. The summed E-state index contributed by atoms with van der Waals surface area (Å²) in [6.07, 6.45) is 2.08. The summed E-state index contributed by atoms with van der Waals surface area (Å²) in [5.41, 5.74) is 1.74. The lowest BCUT2D eigenvalue weighted by Crippen LogP contribution is -2.19. The largest absolute Gasteiger partial charge is 0.369 e. The molecule has 0 fully saturated rings. The summed E-state index contributed by atoms with van der Waals surface area (Å²) in [7, 11) is -3.37. The number of primary sulfonamides is 1. The van der Waals surface area contributed by atoms with Gasteiger partial charge in [-0.15, -0.1) is 0 Å². The predicted octanol–water partition coefficient (Wildman–Crippen LogP) is 0.184. The lowest BCUT2D eigenvalue weighted by Gasteiger charge is -2.06. The minimum atomic E-state index is -3.37. The van der Waals surface area contributed by atoms with Crippen molar-refractivity contribution in [3.05, 3.63) is 17.6 Å².